The van der Waals surface area contributed by atoms with E-state index in [9.17, 15) is 9.59 Å². The highest BCUT2D eigenvalue weighted by molar-refractivity contribution is 6.00. The number of ketones is 1. The van der Waals surface area contributed by atoms with Crippen LogP contribution in [0, 0.1) is 20.8 Å². The van der Waals surface area contributed by atoms with Gasteiger partial charge in [-0.05, 0) is 43.5 Å². The van der Waals surface area contributed by atoms with E-state index >= 15 is 0 Å². The first-order valence-electron chi connectivity index (χ1n) is 5.78. The first-order chi connectivity index (χ1) is 8.38. The molecule has 0 unspecified atom stereocenters. The molecule has 1 N–H and O–H groups in total. The van der Waals surface area contributed by atoms with E-state index in [1.165, 1.54) is 0 Å². The minimum atomic E-state index is -0.955. The number of benzene rings is 1. The van der Waals surface area contributed by atoms with Gasteiger partial charge in [-0.25, -0.2) is 0 Å². The third-order valence-electron chi connectivity index (χ3n) is 3.11. The Labute approximate surface area is 107 Å². The molecule has 0 amide bonds. The molecule has 18 heavy (non-hydrogen) atoms. The minimum Gasteiger partial charge on any atom is -0.496 e. The summed E-state index contributed by atoms with van der Waals surface area (Å²) in [4.78, 5) is 22.5. The smallest absolute Gasteiger partial charge is 0.303 e. The lowest BCUT2D eigenvalue weighted by atomic mass is 9.93. The number of methoxy groups -OCH3 is 1. The van der Waals surface area contributed by atoms with E-state index in [1.54, 1.807) is 7.11 Å². The Morgan fingerprint density at radius 2 is 1.78 bits per heavy atom. The maximum atomic E-state index is 12.0. The average molecular weight is 250 g/mol. The number of carboxylic acid groups (broad SMARTS) is 1. The van der Waals surface area contributed by atoms with Gasteiger partial charge in [0.05, 0.1) is 13.5 Å². The van der Waals surface area contributed by atoms with Gasteiger partial charge in [0.1, 0.15) is 5.75 Å². The molecule has 4 nitrogen and oxygen atoms in total. The number of aliphatic carboxylic acids is 1. The molecule has 0 spiro atoms. The monoisotopic (exact) mass is 250 g/mol. The van der Waals surface area contributed by atoms with Gasteiger partial charge >= 0.3 is 5.97 Å². The van der Waals surface area contributed by atoms with Crippen molar-refractivity contribution in [3.8, 4) is 5.75 Å². The molecule has 1 rings (SSSR count). The zero-order valence-corrected chi connectivity index (χ0v) is 11.2. The van der Waals surface area contributed by atoms with E-state index in [4.69, 9.17) is 9.84 Å². The zero-order chi connectivity index (χ0) is 13.9. The van der Waals surface area contributed by atoms with E-state index in [-0.39, 0.29) is 18.6 Å². The van der Waals surface area contributed by atoms with Crippen molar-refractivity contribution < 1.29 is 19.4 Å². The number of hydrogen-bond acceptors (Lipinski definition) is 3. The van der Waals surface area contributed by atoms with Crippen molar-refractivity contribution >= 4 is 11.8 Å². The number of Topliss-reactive ketones (excluding diaryl/α,β-unsaturated/α-hetero) is 1. The van der Waals surface area contributed by atoms with Crippen molar-refractivity contribution in [1.82, 2.24) is 0 Å². The summed E-state index contributed by atoms with van der Waals surface area (Å²) < 4.78 is 5.23. The van der Waals surface area contributed by atoms with Crippen LogP contribution in [0.25, 0.3) is 0 Å². The molecule has 0 saturated carbocycles. The molecule has 0 aliphatic carbocycles. The predicted molar refractivity (Wildman–Crippen MR) is 68.4 cm³/mol. The number of carboxylic acids is 1. The van der Waals surface area contributed by atoms with Crippen molar-refractivity contribution in [2.45, 2.75) is 33.6 Å². The fraction of sp³-hybridized carbons (Fsp3) is 0.429. The second kappa shape index (κ2) is 5.67. The van der Waals surface area contributed by atoms with Gasteiger partial charge in [0.2, 0.25) is 0 Å². The van der Waals surface area contributed by atoms with Crippen LogP contribution in [0.3, 0.4) is 0 Å². The van der Waals surface area contributed by atoms with Gasteiger partial charge in [0.15, 0.2) is 5.78 Å². The van der Waals surface area contributed by atoms with Gasteiger partial charge < -0.3 is 9.84 Å². The summed E-state index contributed by atoms with van der Waals surface area (Å²) in [5.74, 6) is -0.332. The first-order valence-corrected chi connectivity index (χ1v) is 5.78. The Kier molecular flexibility index (Phi) is 4.48. The number of carbonyl (C=O) groups is 2. The summed E-state index contributed by atoms with van der Waals surface area (Å²) in [5, 5.41) is 8.61. The molecule has 98 valence electrons. The van der Waals surface area contributed by atoms with Crippen LogP contribution in [-0.4, -0.2) is 24.0 Å². The van der Waals surface area contributed by atoms with Gasteiger partial charge in [-0.15, -0.1) is 0 Å². The van der Waals surface area contributed by atoms with Crippen LogP contribution in [0.4, 0.5) is 0 Å². The molecule has 0 atom stereocenters. The van der Waals surface area contributed by atoms with E-state index in [0.717, 1.165) is 22.4 Å². The molecule has 0 fully saturated rings. The first kappa shape index (κ1) is 14.2. The van der Waals surface area contributed by atoms with Crippen LogP contribution in [0.2, 0.25) is 0 Å². The van der Waals surface area contributed by atoms with Crippen LogP contribution < -0.4 is 4.74 Å². The van der Waals surface area contributed by atoms with Crippen molar-refractivity contribution in [3.05, 3.63) is 28.3 Å². The van der Waals surface area contributed by atoms with Crippen LogP contribution in [0.1, 0.15) is 39.9 Å². The standard InChI is InChI=1S/C14H18O4/c1-8-7-12(18-4)9(2)10(3)14(8)11(15)5-6-13(16)17/h7H,5-6H2,1-4H3,(H,16,17). The second-order valence-electron chi connectivity index (χ2n) is 4.34. The number of hydrogen-bond donors (Lipinski definition) is 1. The third kappa shape index (κ3) is 2.88. The number of ether oxygens (including phenoxy) is 1. The van der Waals surface area contributed by atoms with Crippen molar-refractivity contribution in [2.24, 2.45) is 0 Å². The van der Waals surface area contributed by atoms with Gasteiger partial charge in [-0.3, -0.25) is 9.59 Å². The lowest BCUT2D eigenvalue weighted by molar-refractivity contribution is -0.136. The number of carbonyl (C=O) groups excluding carboxylic acids is 1. The average Bonchev–Trinajstić information content (AvgIpc) is 2.31. The van der Waals surface area contributed by atoms with Gasteiger partial charge in [-0.2, -0.15) is 0 Å². The fourth-order valence-electron chi connectivity index (χ4n) is 2.03. The Balaban J connectivity index is 3.13. The Morgan fingerprint density at radius 1 is 1.17 bits per heavy atom. The van der Waals surface area contributed by atoms with E-state index in [1.807, 2.05) is 26.8 Å². The third-order valence-corrected chi connectivity index (χ3v) is 3.11. The number of rotatable bonds is 5. The molecular formula is C14H18O4. The van der Waals surface area contributed by atoms with Crippen LogP contribution in [-0.2, 0) is 4.79 Å². The van der Waals surface area contributed by atoms with Gasteiger partial charge in [-0.1, -0.05) is 0 Å². The van der Waals surface area contributed by atoms with Crippen molar-refractivity contribution in [3.63, 3.8) is 0 Å². The summed E-state index contributed by atoms with van der Waals surface area (Å²) in [6.45, 7) is 5.59. The lowest BCUT2D eigenvalue weighted by Gasteiger charge is -2.14. The predicted octanol–water partition coefficient (Wildman–Crippen LogP) is 2.67. The van der Waals surface area contributed by atoms with Crippen LogP contribution in [0.5, 0.6) is 5.75 Å². The highest BCUT2D eigenvalue weighted by Crippen LogP contribution is 2.28. The van der Waals surface area contributed by atoms with Crippen LogP contribution >= 0.6 is 0 Å². The SMILES string of the molecule is COc1cc(C)c(C(=O)CCC(=O)O)c(C)c1C. The molecule has 0 heterocycles. The topological polar surface area (TPSA) is 63.6 Å². The highest BCUT2D eigenvalue weighted by Gasteiger charge is 2.17. The summed E-state index contributed by atoms with van der Waals surface area (Å²) >= 11 is 0. The molecule has 0 aliphatic rings. The maximum absolute atomic E-state index is 12.0. The van der Waals surface area contributed by atoms with Crippen molar-refractivity contribution in [1.29, 1.82) is 0 Å². The molecule has 0 aliphatic heterocycles. The number of aryl methyl sites for hydroxylation is 1. The zero-order valence-electron chi connectivity index (χ0n) is 11.2. The fourth-order valence-corrected chi connectivity index (χ4v) is 2.03. The van der Waals surface area contributed by atoms with E-state index in [2.05, 4.69) is 0 Å². The largest absolute Gasteiger partial charge is 0.496 e. The second-order valence-corrected chi connectivity index (χ2v) is 4.34. The molecule has 0 aromatic heterocycles. The maximum Gasteiger partial charge on any atom is 0.303 e. The molecule has 1 aromatic carbocycles. The molecule has 1 aromatic rings. The summed E-state index contributed by atoms with van der Waals surface area (Å²) in [7, 11) is 1.59. The molecule has 0 bridgehead atoms. The Bertz CT molecular complexity index is 489. The van der Waals surface area contributed by atoms with Crippen molar-refractivity contribution in [2.75, 3.05) is 7.11 Å². The normalized spacial score (nSPS) is 10.2. The molecule has 0 saturated heterocycles. The minimum absolute atomic E-state index is 0.0305. The highest BCUT2D eigenvalue weighted by atomic mass is 16.5. The quantitative estimate of drug-likeness (QED) is 0.816. The van der Waals surface area contributed by atoms with Gasteiger partial charge in [0.25, 0.3) is 0 Å². The summed E-state index contributed by atoms with van der Waals surface area (Å²) in [5.41, 5.74) is 3.23. The van der Waals surface area contributed by atoms with Crippen LogP contribution in [0.15, 0.2) is 6.07 Å². The summed E-state index contributed by atoms with van der Waals surface area (Å²) in [6.07, 6.45) is -0.106. The molecule has 4 heteroatoms. The Hall–Kier alpha value is -1.84. The molecule has 0 radical (unpaired) electrons. The Morgan fingerprint density at radius 3 is 2.28 bits per heavy atom. The van der Waals surface area contributed by atoms with E-state index < -0.39 is 5.97 Å². The molecular weight excluding hydrogens is 232 g/mol. The van der Waals surface area contributed by atoms with Gasteiger partial charge in [0, 0.05) is 12.0 Å². The lowest BCUT2D eigenvalue weighted by Crippen LogP contribution is -2.09. The van der Waals surface area contributed by atoms with E-state index in [0.29, 0.717) is 5.56 Å². The summed E-state index contributed by atoms with van der Waals surface area (Å²) in [6, 6.07) is 1.82.